The molecule has 1 atom stereocenters. The van der Waals surface area contributed by atoms with Gasteiger partial charge in [-0.1, -0.05) is 12.1 Å². The second-order valence-electron chi connectivity index (χ2n) is 8.65. The average Bonchev–Trinajstić information content (AvgIpc) is 3.19. The molecule has 6 rings (SSSR count). The van der Waals surface area contributed by atoms with Crippen LogP contribution in [0.2, 0.25) is 0 Å². The Morgan fingerprint density at radius 1 is 1.16 bits per heavy atom. The van der Waals surface area contributed by atoms with Crippen molar-refractivity contribution in [2.45, 2.75) is 33.0 Å². The summed E-state index contributed by atoms with van der Waals surface area (Å²) in [7, 11) is 0. The molecule has 160 valence electrons. The van der Waals surface area contributed by atoms with Crippen molar-refractivity contribution < 1.29 is 0 Å². The highest BCUT2D eigenvalue weighted by Gasteiger charge is 2.29. The zero-order chi connectivity index (χ0) is 21.8. The molecule has 2 aliphatic heterocycles. The lowest BCUT2D eigenvalue weighted by Crippen LogP contribution is -2.51. The highest BCUT2D eigenvalue weighted by Crippen LogP contribution is 2.33. The van der Waals surface area contributed by atoms with Gasteiger partial charge in [0.2, 0.25) is 0 Å². The van der Waals surface area contributed by atoms with Gasteiger partial charge in [-0.15, -0.1) is 0 Å². The second kappa shape index (κ2) is 7.17. The number of aromatic nitrogens is 4. The maximum absolute atomic E-state index is 12.3. The van der Waals surface area contributed by atoms with Gasteiger partial charge in [-0.2, -0.15) is 0 Å². The molecule has 0 saturated carbocycles. The van der Waals surface area contributed by atoms with Crippen LogP contribution in [0.3, 0.4) is 0 Å². The van der Waals surface area contributed by atoms with Crippen LogP contribution in [0.25, 0.3) is 28.1 Å². The largest absolute Gasteiger partial charge is 0.361 e. The minimum absolute atomic E-state index is 0.0587. The van der Waals surface area contributed by atoms with Crippen LogP contribution in [-0.4, -0.2) is 37.2 Å². The molecular weight excluding hydrogens is 400 g/mol. The Hall–Kier alpha value is -3.71. The second-order valence-corrected chi connectivity index (χ2v) is 8.65. The fourth-order valence-electron chi connectivity index (χ4n) is 4.94. The number of hydrogen-bond acceptors (Lipinski definition) is 5. The molecule has 3 aromatic heterocycles. The number of aryl methyl sites for hydroxylation is 1. The van der Waals surface area contributed by atoms with E-state index in [1.54, 1.807) is 6.20 Å². The van der Waals surface area contributed by atoms with Crippen LogP contribution in [0.4, 0.5) is 0 Å². The van der Waals surface area contributed by atoms with Crippen molar-refractivity contribution in [1.29, 1.82) is 0 Å². The molecule has 1 aromatic carbocycles. The molecule has 7 heteroatoms. The molecular formula is C25H24N6O. The Morgan fingerprint density at radius 2 is 2.06 bits per heavy atom. The van der Waals surface area contributed by atoms with E-state index < -0.39 is 0 Å². The predicted octanol–water partition coefficient (Wildman–Crippen LogP) is 3.44. The minimum atomic E-state index is -0.0971. The van der Waals surface area contributed by atoms with Gasteiger partial charge in [-0.25, -0.2) is 9.66 Å². The summed E-state index contributed by atoms with van der Waals surface area (Å²) in [5.41, 5.74) is 11.5. The molecule has 0 bridgehead atoms. The first-order valence-corrected chi connectivity index (χ1v) is 10.9. The van der Waals surface area contributed by atoms with Crippen molar-refractivity contribution >= 4 is 17.0 Å². The molecule has 32 heavy (non-hydrogen) atoms. The third-order valence-corrected chi connectivity index (χ3v) is 6.56. The molecule has 0 radical (unpaired) electrons. The van der Waals surface area contributed by atoms with Crippen molar-refractivity contribution in [1.82, 2.24) is 24.5 Å². The summed E-state index contributed by atoms with van der Waals surface area (Å²) in [5, 5.41) is 1.25. The number of nitrogens with zero attached hydrogens (tertiary/aromatic N) is 4. The molecule has 0 amide bonds. The predicted molar refractivity (Wildman–Crippen MR) is 126 cm³/mol. The monoisotopic (exact) mass is 424 g/mol. The molecule has 0 saturated heterocycles. The number of H-pyrrole nitrogens is 1. The number of fused-ring (bicyclic) bond motifs is 3. The highest BCUT2D eigenvalue weighted by atomic mass is 16.1. The highest BCUT2D eigenvalue weighted by molar-refractivity contribution is 5.97. The van der Waals surface area contributed by atoms with Crippen LogP contribution in [0.5, 0.6) is 0 Å². The number of nitrogens with one attached hydrogen (secondary N) is 2. The van der Waals surface area contributed by atoms with Crippen molar-refractivity contribution in [2.75, 3.05) is 12.0 Å². The first kappa shape index (κ1) is 19.0. The van der Waals surface area contributed by atoms with Gasteiger partial charge in [-0.05, 0) is 54.3 Å². The lowest BCUT2D eigenvalue weighted by molar-refractivity contribution is 0.205. The first-order valence-electron chi connectivity index (χ1n) is 10.9. The van der Waals surface area contributed by atoms with Crippen LogP contribution >= 0.6 is 0 Å². The van der Waals surface area contributed by atoms with Crippen LogP contribution in [0.15, 0.2) is 59.3 Å². The minimum Gasteiger partial charge on any atom is -0.361 e. The summed E-state index contributed by atoms with van der Waals surface area (Å²) in [6.45, 7) is 5.86. The van der Waals surface area contributed by atoms with Gasteiger partial charge in [0, 0.05) is 66.3 Å². The van der Waals surface area contributed by atoms with E-state index in [-0.39, 0.29) is 11.7 Å². The maximum Gasteiger partial charge on any atom is 0.272 e. The van der Waals surface area contributed by atoms with E-state index in [1.807, 2.05) is 12.3 Å². The Kier molecular flexibility index (Phi) is 4.26. The number of benzene rings is 1. The molecule has 0 aliphatic carbocycles. The zero-order valence-electron chi connectivity index (χ0n) is 18.1. The Bertz CT molecular complexity index is 1450. The fraction of sp³-hybridized carbons (Fsp3) is 0.240. The summed E-state index contributed by atoms with van der Waals surface area (Å²) >= 11 is 0. The Morgan fingerprint density at radius 3 is 2.97 bits per heavy atom. The van der Waals surface area contributed by atoms with Gasteiger partial charge in [0.25, 0.3) is 5.56 Å². The van der Waals surface area contributed by atoms with Crippen LogP contribution in [-0.2, 0) is 13.0 Å². The van der Waals surface area contributed by atoms with Crippen LogP contribution in [0.1, 0.15) is 29.6 Å². The summed E-state index contributed by atoms with van der Waals surface area (Å²) in [6.07, 6.45) is 8.42. The topological polar surface area (TPSA) is 78.8 Å². The van der Waals surface area contributed by atoms with E-state index in [2.05, 4.69) is 64.6 Å². The van der Waals surface area contributed by atoms with Crippen molar-refractivity contribution in [3.63, 3.8) is 0 Å². The molecule has 1 unspecified atom stereocenters. The molecule has 2 aliphatic rings. The summed E-state index contributed by atoms with van der Waals surface area (Å²) in [4.78, 5) is 27.2. The van der Waals surface area contributed by atoms with Gasteiger partial charge in [0.05, 0.1) is 0 Å². The van der Waals surface area contributed by atoms with Gasteiger partial charge in [-0.3, -0.25) is 20.1 Å². The van der Waals surface area contributed by atoms with Gasteiger partial charge in [0.15, 0.2) is 5.82 Å². The van der Waals surface area contributed by atoms with Gasteiger partial charge >= 0.3 is 0 Å². The SMILES string of the molecule is CC1=Cc2nccc(=O)n2NC1N1CCc2ncc(-c3cccc4[nH]cc(C)c34)cc2C1. The molecule has 7 nitrogen and oxygen atoms in total. The number of aromatic amines is 1. The van der Waals surface area contributed by atoms with Crippen LogP contribution in [0, 0.1) is 6.92 Å². The molecule has 4 aromatic rings. The van der Waals surface area contributed by atoms with E-state index >= 15 is 0 Å². The summed E-state index contributed by atoms with van der Waals surface area (Å²) in [5.74, 6) is 0.641. The summed E-state index contributed by atoms with van der Waals surface area (Å²) in [6, 6.07) is 10.1. The van der Waals surface area contributed by atoms with Gasteiger partial charge in [0.1, 0.15) is 6.17 Å². The average molecular weight is 425 g/mol. The van der Waals surface area contributed by atoms with E-state index in [0.717, 1.165) is 41.9 Å². The maximum atomic E-state index is 12.3. The van der Waals surface area contributed by atoms with Crippen molar-refractivity contribution in [3.8, 4) is 11.1 Å². The number of rotatable bonds is 2. The molecule has 0 spiro atoms. The normalized spacial score (nSPS) is 18.1. The van der Waals surface area contributed by atoms with Crippen molar-refractivity contribution in [2.24, 2.45) is 0 Å². The lowest BCUT2D eigenvalue weighted by Gasteiger charge is -2.38. The molecule has 0 fully saturated rings. The number of pyridine rings is 1. The van der Waals surface area contributed by atoms with E-state index in [9.17, 15) is 4.79 Å². The molecule has 5 heterocycles. The standard InChI is InChI=1S/C25H24N6O/c1-15-10-22-26-8-6-23(32)31(22)29-25(15)30-9-7-20-18(14-30)11-17(13-28-20)19-4-3-5-21-24(19)16(2)12-27-21/h3-6,8,10-13,25,27,29H,7,9,14H2,1-2H3. The van der Waals surface area contributed by atoms with Gasteiger partial charge < -0.3 is 4.98 Å². The third-order valence-electron chi connectivity index (χ3n) is 6.56. The third kappa shape index (κ3) is 2.97. The molecule has 2 N–H and O–H groups in total. The summed E-state index contributed by atoms with van der Waals surface area (Å²) < 4.78 is 1.54. The lowest BCUT2D eigenvalue weighted by atomic mass is 9.96. The Labute approximate surface area is 185 Å². The van der Waals surface area contributed by atoms with E-state index in [1.165, 1.54) is 32.8 Å². The number of hydrogen-bond donors (Lipinski definition) is 2. The van der Waals surface area contributed by atoms with Crippen molar-refractivity contribution in [3.05, 3.63) is 87.5 Å². The Balaban J connectivity index is 1.35. The zero-order valence-corrected chi connectivity index (χ0v) is 18.1. The smallest absolute Gasteiger partial charge is 0.272 e. The van der Waals surface area contributed by atoms with E-state index in [4.69, 9.17) is 4.98 Å². The fourth-order valence-corrected chi connectivity index (χ4v) is 4.94. The first-order chi connectivity index (χ1) is 15.6. The quantitative estimate of drug-likeness (QED) is 0.515. The van der Waals surface area contributed by atoms with Crippen LogP contribution < -0.4 is 11.0 Å². The van der Waals surface area contributed by atoms with E-state index in [0.29, 0.717) is 5.82 Å².